The molecule has 3 nitrogen and oxygen atoms in total. The van der Waals surface area contributed by atoms with E-state index in [0.717, 1.165) is 0 Å². The molecule has 1 fully saturated rings. The molecule has 90 valence electrons. The molecular weight excluding hydrogens is 262 g/mol. The SMILES string of the molecule is CC(C)C1CC(CO)OC(C(Cl)(Cl)Cl)O1. The molecule has 0 aromatic heterocycles. The Morgan fingerprint density at radius 2 is 1.93 bits per heavy atom. The molecule has 6 heteroatoms. The monoisotopic (exact) mass is 276 g/mol. The molecule has 1 N–H and O–H groups in total. The highest BCUT2D eigenvalue weighted by molar-refractivity contribution is 6.67. The van der Waals surface area contributed by atoms with Crippen molar-refractivity contribution >= 4 is 34.8 Å². The lowest BCUT2D eigenvalue weighted by molar-refractivity contribution is -0.254. The van der Waals surface area contributed by atoms with E-state index in [1.54, 1.807) is 0 Å². The highest BCUT2D eigenvalue weighted by Gasteiger charge is 2.42. The molecule has 15 heavy (non-hydrogen) atoms. The zero-order valence-electron chi connectivity index (χ0n) is 8.62. The van der Waals surface area contributed by atoms with Crippen LogP contribution >= 0.6 is 34.8 Å². The van der Waals surface area contributed by atoms with E-state index in [1.165, 1.54) is 0 Å². The third kappa shape index (κ3) is 3.91. The van der Waals surface area contributed by atoms with Crippen LogP contribution in [0, 0.1) is 5.92 Å². The first-order chi connectivity index (χ1) is 6.84. The molecule has 0 bridgehead atoms. The van der Waals surface area contributed by atoms with Crippen LogP contribution in [0.5, 0.6) is 0 Å². The maximum Gasteiger partial charge on any atom is 0.240 e. The number of aliphatic hydroxyl groups is 1. The Labute approximate surface area is 105 Å². The molecule has 0 amide bonds. The van der Waals surface area contributed by atoms with E-state index in [0.29, 0.717) is 6.42 Å². The zero-order valence-corrected chi connectivity index (χ0v) is 10.9. The fourth-order valence-electron chi connectivity index (χ4n) is 1.44. The van der Waals surface area contributed by atoms with Crippen molar-refractivity contribution in [3.8, 4) is 0 Å². The molecule has 0 aromatic carbocycles. The van der Waals surface area contributed by atoms with Gasteiger partial charge < -0.3 is 14.6 Å². The Morgan fingerprint density at radius 3 is 2.33 bits per heavy atom. The maximum atomic E-state index is 9.06. The van der Waals surface area contributed by atoms with Gasteiger partial charge in [-0.1, -0.05) is 48.7 Å². The predicted octanol–water partition coefficient (Wildman–Crippen LogP) is 2.51. The third-order valence-electron chi connectivity index (χ3n) is 2.32. The van der Waals surface area contributed by atoms with Crippen LogP contribution in [0.4, 0.5) is 0 Å². The molecule has 0 spiro atoms. The normalized spacial score (nSPS) is 33.4. The second-order valence-corrected chi connectivity index (χ2v) is 6.34. The Hall–Kier alpha value is 0.750. The fraction of sp³-hybridized carbons (Fsp3) is 1.00. The van der Waals surface area contributed by atoms with Crippen LogP contribution in [0.3, 0.4) is 0 Å². The van der Waals surface area contributed by atoms with E-state index >= 15 is 0 Å². The Kier molecular flexibility index (Phi) is 4.96. The number of hydrogen-bond acceptors (Lipinski definition) is 3. The largest absolute Gasteiger partial charge is 0.394 e. The van der Waals surface area contributed by atoms with E-state index in [2.05, 4.69) is 0 Å². The van der Waals surface area contributed by atoms with E-state index < -0.39 is 10.1 Å². The number of halogens is 3. The summed E-state index contributed by atoms with van der Waals surface area (Å²) >= 11 is 17.1. The first kappa shape index (κ1) is 13.8. The van der Waals surface area contributed by atoms with Gasteiger partial charge in [-0.25, -0.2) is 0 Å². The van der Waals surface area contributed by atoms with Crippen LogP contribution < -0.4 is 0 Å². The quantitative estimate of drug-likeness (QED) is 0.788. The number of aliphatic hydroxyl groups excluding tert-OH is 1. The average molecular weight is 278 g/mol. The standard InChI is InChI=1S/C9H15Cl3O3/c1-5(2)7-3-6(4-13)14-8(15-7)9(10,11)12/h5-8,13H,3-4H2,1-2H3. The lowest BCUT2D eigenvalue weighted by atomic mass is 10.00. The summed E-state index contributed by atoms with van der Waals surface area (Å²) in [5.41, 5.74) is 0. The summed E-state index contributed by atoms with van der Waals surface area (Å²) in [6, 6.07) is 0. The Bertz CT molecular complexity index is 205. The number of ether oxygens (including phenoxy) is 2. The van der Waals surface area contributed by atoms with Gasteiger partial charge in [0.05, 0.1) is 18.8 Å². The second-order valence-electron chi connectivity index (χ2n) is 3.97. The molecule has 0 aromatic rings. The van der Waals surface area contributed by atoms with Crippen LogP contribution in [-0.2, 0) is 9.47 Å². The van der Waals surface area contributed by atoms with Gasteiger partial charge in [0.2, 0.25) is 10.1 Å². The van der Waals surface area contributed by atoms with Crippen molar-refractivity contribution in [2.45, 2.75) is 42.6 Å². The molecule has 0 saturated carbocycles. The zero-order chi connectivity index (χ0) is 11.6. The van der Waals surface area contributed by atoms with Gasteiger partial charge in [-0.05, 0) is 5.92 Å². The van der Waals surface area contributed by atoms with Crippen molar-refractivity contribution in [2.75, 3.05) is 6.61 Å². The van der Waals surface area contributed by atoms with Gasteiger partial charge in [-0.2, -0.15) is 0 Å². The van der Waals surface area contributed by atoms with Gasteiger partial charge in [-0.3, -0.25) is 0 Å². The van der Waals surface area contributed by atoms with Gasteiger partial charge in [0.15, 0.2) is 0 Å². The van der Waals surface area contributed by atoms with Crippen LogP contribution in [0.1, 0.15) is 20.3 Å². The lowest BCUT2D eigenvalue weighted by Crippen LogP contribution is -2.47. The molecule has 3 atom stereocenters. The minimum Gasteiger partial charge on any atom is -0.394 e. The minimum absolute atomic E-state index is 0.0588. The maximum absolute atomic E-state index is 9.06. The molecule has 3 unspecified atom stereocenters. The summed E-state index contributed by atoms with van der Waals surface area (Å²) in [5.74, 6) is 0.290. The van der Waals surface area contributed by atoms with E-state index in [1.807, 2.05) is 13.8 Å². The van der Waals surface area contributed by atoms with Gasteiger partial charge >= 0.3 is 0 Å². The van der Waals surface area contributed by atoms with E-state index in [4.69, 9.17) is 49.4 Å². The van der Waals surface area contributed by atoms with Crippen molar-refractivity contribution in [3.05, 3.63) is 0 Å². The summed E-state index contributed by atoms with van der Waals surface area (Å²) in [6.07, 6.45) is -0.685. The third-order valence-corrected chi connectivity index (χ3v) is 2.86. The van der Waals surface area contributed by atoms with E-state index in [-0.39, 0.29) is 24.7 Å². The first-order valence-electron chi connectivity index (χ1n) is 4.83. The molecule has 1 aliphatic heterocycles. The van der Waals surface area contributed by atoms with Gasteiger partial charge in [0.1, 0.15) is 0 Å². The van der Waals surface area contributed by atoms with E-state index in [9.17, 15) is 0 Å². The van der Waals surface area contributed by atoms with Crippen LogP contribution in [-0.4, -0.2) is 34.0 Å². The van der Waals surface area contributed by atoms with Gasteiger partial charge in [0, 0.05) is 6.42 Å². The number of hydrogen-bond donors (Lipinski definition) is 1. The molecular formula is C9H15Cl3O3. The summed E-state index contributed by atoms with van der Waals surface area (Å²) < 4.78 is 9.20. The summed E-state index contributed by atoms with van der Waals surface area (Å²) in [5, 5.41) is 9.06. The van der Waals surface area contributed by atoms with Crippen molar-refractivity contribution in [3.63, 3.8) is 0 Å². The molecule has 1 rings (SSSR count). The smallest absolute Gasteiger partial charge is 0.240 e. The van der Waals surface area contributed by atoms with Crippen LogP contribution in [0.2, 0.25) is 0 Å². The molecule has 0 aliphatic carbocycles. The van der Waals surface area contributed by atoms with Gasteiger partial charge in [-0.15, -0.1) is 0 Å². The molecule has 1 aliphatic rings. The lowest BCUT2D eigenvalue weighted by Gasteiger charge is -2.39. The van der Waals surface area contributed by atoms with Crippen LogP contribution in [0.25, 0.3) is 0 Å². The average Bonchev–Trinajstić information content (AvgIpc) is 2.15. The summed E-state index contributed by atoms with van der Waals surface area (Å²) in [7, 11) is 0. The van der Waals surface area contributed by atoms with Crippen molar-refractivity contribution < 1.29 is 14.6 Å². The number of rotatable bonds is 2. The predicted molar refractivity (Wildman–Crippen MR) is 60.4 cm³/mol. The molecule has 1 heterocycles. The topological polar surface area (TPSA) is 38.7 Å². The Balaban J connectivity index is 2.67. The summed E-state index contributed by atoms with van der Waals surface area (Å²) in [4.78, 5) is 0. The van der Waals surface area contributed by atoms with Crippen LogP contribution in [0.15, 0.2) is 0 Å². The Morgan fingerprint density at radius 1 is 1.33 bits per heavy atom. The minimum atomic E-state index is -1.62. The number of alkyl halides is 3. The summed E-state index contributed by atoms with van der Waals surface area (Å²) in [6.45, 7) is 3.93. The first-order valence-corrected chi connectivity index (χ1v) is 5.96. The fourth-order valence-corrected chi connectivity index (χ4v) is 1.75. The molecule has 1 saturated heterocycles. The van der Waals surface area contributed by atoms with Gasteiger partial charge in [0.25, 0.3) is 0 Å². The second kappa shape index (κ2) is 5.39. The highest BCUT2D eigenvalue weighted by atomic mass is 35.6. The van der Waals surface area contributed by atoms with Crippen molar-refractivity contribution in [2.24, 2.45) is 5.92 Å². The van der Waals surface area contributed by atoms with Crippen molar-refractivity contribution in [1.29, 1.82) is 0 Å². The van der Waals surface area contributed by atoms with Crippen molar-refractivity contribution in [1.82, 2.24) is 0 Å². The highest BCUT2D eigenvalue weighted by Crippen LogP contribution is 2.38. The molecule has 0 radical (unpaired) electrons.